The maximum Gasteiger partial charge on any atom is 0.264 e. The number of phenols is 1. The lowest BCUT2D eigenvalue weighted by atomic mass is 9.85. The molecule has 3 aromatic heterocycles. The first-order valence-electron chi connectivity index (χ1n) is 19.0. The summed E-state index contributed by atoms with van der Waals surface area (Å²) in [7, 11) is 3.84. The lowest BCUT2D eigenvalue weighted by Gasteiger charge is -2.56. The van der Waals surface area contributed by atoms with Crippen LogP contribution in [0.15, 0.2) is 91.3 Å². The average Bonchev–Trinajstić information content (AvgIpc) is 3.88. The number of likely N-dealkylation sites (tertiary alicyclic amines) is 1. The molecule has 4 aliphatic heterocycles. The van der Waals surface area contributed by atoms with Crippen LogP contribution in [0, 0.1) is 6.92 Å². The Morgan fingerprint density at radius 2 is 1.68 bits per heavy atom. The number of hydrogen-bond acceptors (Lipinski definition) is 8. The van der Waals surface area contributed by atoms with E-state index in [2.05, 4.69) is 28.1 Å². The molecule has 6 aromatic rings. The second kappa shape index (κ2) is 13.0. The number of aromatic nitrogens is 3. The van der Waals surface area contributed by atoms with Gasteiger partial charge < -0.3 is 33.4 Å². The predicted octanol–water partition coefficient (Wildman–Crippen LogP) is 6.34. The molecule has 0 bridgehead atoms. The molecule has 1 atom stereocenters. The zero-order chi connectivity index (χ0) is 38.3. The van der Waals surface area contributed by atoms with Crippen molar-refractivity contribution in [2.24, 2.45) is 14.1 Å². The van der Waals surface area contributed by atoms with E-state index in [-0.39, 0.29) is 36.0 Å². The number of anilines is 2. The van der Waals surface area contributed by atoms with E-state index in [9.17, 15) is 9.90 Å². The van der Waals surface area contributed by atoms with Gasteiger partial charge in [-0.1, -0.05) is 24.3 Å². The molecule has 0 radical (unpaired) electrons. The lowest BCUT2D eigenvalue weighted by Crippen LogP contribution is -2.69. The molecule has 284 valence electrons. The highest BCUT2D eigenvalue weighted by molar-refractivity contribution is 6.13. The van der Waals surface area contributed by atoms with Gasteiger partial charge in [-0.25, -0.2) is 4.98 Å². The third-order valence-electron chi connectivity index (χ3n) is 12.1. The van der Waals surface area contributed by atoms with Gasteiger partial charge in [0.2, 0.25) is 6.79 Å². The number of aryl methyl sites for hydroxylation is 1. The summed E-state index contributed by atoms with van der Waals surface area (Å²) in [6, 6.07) is 24.3. The van der Waals surface area contributed by atoms with Gasteiger partial charge in [0.25, 0.3) is 11.8 Å². The first-order valence-corrected chi connectivity index (χ1v) is 19.0. The van der Waals surface area contributed by atoms with Crippen molar-refractivity contribution in [2.75, 3.05) is 37.9 Å². The van der Waals surface area contributed by atoms with Crippen LogP contribution in [0.1, 0.15) is 44.0 Å². The Hall–Kier alpha value is -6.11. The van der Waals surface area contributed by atoms with Crippen LogP contribution < -0.4 is 14.4 Å². The maximum atomic E-state index is 15.1. The third-order valence-corrected chi connectivity index (χ3v) is 12.1. The van der Waals surface area contributed by atoms with Crippen LogP contribution in [0.25, 0.3) is 22.3 Å². The Bertz CT molecular complexity index is 2550. The van der Waals surface area contributed by atoms with E-state index in [4.69, 9.17) is 14.2 Å². The van der Waals surface area contributed by atoms with E-state index >= 15 is 4.79 Å². The number of amides is 2. The fourth-order valence-corrected chi connectivity index (χ4v) is 8.86. The van der Waals surface area contributed by atoms with Gasteiger partial charge in [-0.15, -0.1) is 0 Å². The Morgan fingerprint density at radius 1 is 0.929 bits per heavy atom. The molecule has 56 heavy (non-hydrogen) atoms. The van der Waals surface area contributed by atoms with E-state index in [0.717, 1.165) is 55.7 Å². The fourth-order valence-electron chi connectivity index (χ4n) is 8.86. The molecule has 2 saturated heterocycles. The zero-order valence-corrected chi connectivity index (χ0v) is 31.6. The fraction of sp³-hybridized carbons (Fsp3) is 0.295. The number of fused-ring (bicyclic) bond motifs is 3. The maximum absolute atomic E-state index is 15.1. The molecule has 2 fully saturated rings. The van der Waals surface area contributed by atoms with E-state index in [1.54, 1.807) is 41.4 Å². The van der Waals surface area contributed by atoms with Crippen molar-refractivity contribution in [1.29, 1.82) is 0 Å². The molecule has 1 spiro atoms. The van der Waals surface area contributed by atoms with Crippen molar-refractivity contribution in [3.8, 4) is 28.5 Å². The summed E-state index contributed by atoms with van der Waals surface area (Å²) in [6.45, 7) is 5.80. The summed E-state index contributed by atoms with van der Waals surface area (Å²) >= 11 is 0. The molecule has 2 amide bonds. The van der Waals surface area contributed by atoms with E-state index < -0.39 is 0 Å². The van der Waals surface area contributed by atoms with E-state index in [1.165, 1.54) is 5.56 Å². The number of aromatic hydroxyl groups is 1. The van der Waals surface area contributed by atoms with E-state index in [0.29, 0.717) is 57.5 Å². The van der Waals surface area contributed by atoms with Crippen molar-refractivity contribution >= 4 is 34.2 Å². The molecular formula is C44H42N6O6. The largest absolute Gasteiger partial charge is 0.508 e. The molecule has 4 aliphatic rings. The smallest absolute Gasteiger partial charge is 0.264 e. The normalized spacial score (nSPS) is 18.1. The van der Waals surface area contributed by atoms with Crippen LogP contribution in [0.5, 0.6) is 17.2 Å². The van der Waals surface area contributed by atoms with Gasteiger partial charge in [-0.05, 0) is 79.1 Å². The Morgan fingerprint density at radius 3 is 2.43 bits per heavy atom. The number of hydrogen-bond donors (Lipinski definition) is 1. The number of rotatable bonds is 7. The standard InChI is InChI=1S/C44H42N6O6/c1-27-35(43(53)50(31-8-10-34(51)11-9-31)32-17-29-12-14-46(2)41(29)45-21-32)18-38(47(27)3)36-19-39-40(55-26-54-39)20-37(36)42(52)49-22-30-7-5-4-6-28(30)16-33(49)23-48-24-44(25-48)13-15-56-44/h4-12,14,17-21,33,51H,13,15-16,22-26H2,1-3H3/t33-/m0/s1. The van der Waals surface area contributed by atoms with Crippen molar-refractivity contribution in [1.82, 2.24) is 23.9 Å². The predicted molar refractivity (Wildman–Crippen MR) is 211 cm³/mol. The lowest BCUT2D eigenvalue weighted by molar-refractivity contribution is -0.223. The minimum Gasteiger partial charge on any atom is -0.508 e. The first kappa shape index (κ1) is 34.4. The summed E-state index contributed by atoms with van der Waals surface area (Å²) < 4.78 is 21.5. The number of carbonyl (C=O) groups is 2. The molecule has 0 saturated carbocycles. The monoisotopic (exact) mass is 750 g/mol. The van der Waals surface area contributed by atoms with Crippen LogP contribution in [0.3, 0.4) is 0 Å². The van der Waals surface area contributed by atoms with Crippen LogP contribution in [0.4, 0.5) is 11.4 Å². The van der Waals surface area contributed by atoms with Crippen LogP contribution in [-0.2, 0) is 31.8 Å². The molecule has 0 aliphatic carbocycles. The number of pyridine rings is 1. The van der Waals surface area contributed by atoms with Gasteiger partial charge in [0.05, 0.1) is 35.2 Å². The molecule has 12 nitrogen and oxygen atoms in total. The second-order valence-electron chi connectivity index (χ2n) is 15.5. The highest BCUT2D eigenvalue weighted by Gasteiger charge is 2.50. The Balaban J connectivity index is 1.04. The molecule has 7 heterocycles. The van der Waals surface area contributed by atoms with Crippen LogP contribution in [-0.4, -0.2) is 85.5 Å². The molecule has 3 aromatic carbocycles. The molecule has 1 N–H and O–H groups in total. The molecular weight excluding hydrogens is 709 g/mol. The van der Waals surface area contributed by atoms with Crippen molar-refractivity contribution in [2.45, 2.75) is 38.0 Å². The van der Waals surface area contributed by atoms with Crippen molar-refractivity contribution in [3.05, 3.63) is 119 Å². The summed E-state index contributed by atoms with van der Waals surface area (Å²) in [5, 5.41) is 11.0. The van der Waals surface area contributed by atoms with Gasteiger partial charge in [0.15, 0.2) is 11.5 Å². The van der Waals surface area contributed by atoms with Gasteiger partial charge in [-0.2, -0.15) is 0 Å². The zero-order valence-electron chi connectivity index (χ0n) is 31.6. The minimum absolute atomic E-state index is 0.00584. The molecule has 0 unspecified atom stereocenters. The Labute approximate surface area is 324 Å². The number of benzene rings is 3. The second-order valence-corrected chi connectivity index (χ2v) is 15.5. The highest BCUT2D eigenvalue weighted by atomic mass is 16.7. The summed E-state index contributed by atoms with van der Waals surface area (Å²) in [4.78, 5) is 40.7. The summed E-state index contributed by atoms with van der Waals surface area (Å²) in [6.07, 6.45) is 5.46. The number of carbonyl (C=O) groups excluding carboxylic acids is 2. The number of phenolic OH excluding ortho intramolecular Hbond substituents is 1. The van der Waals surface area contributed by atoms with Gasteiger partial charge in [-0.3, -0.25) is 19.4 Å². The van der Waals surface area contributed by atoms with Gasteiger partial charge >= 0.3 is 0 Å². The van der Waals surface area contributed by atoms with Crippen LogP contribution in [0.2, 0.25) is 0 Å². The molecule has 10 rings (SSSR count). The highest BCUT2D eigenvalue weighted by Crippen LogP contribution is 2.42. The van der Waals surface area contributed by atoms with Crippen molar-refractivity contribution in [3.63, 3.8) is 0 Å². The summed E-state index contributed by atoms with van der Waals surface area (Å²) in [5.41, 5.74) is 7.34. The SMILES string of the molecule is Cc1c(C(=O)N(c2ccc(O)cc2)c2cnc3c(ccn3C)c2)cc(-c2cc3c(cc2C(=O)N2Cc4ccccc4C[C@H]2CN2CC4(CCO4)C2)OCO3)n1C. The van der Waals surface area contributed by atoms with Crippen molar-refractivity contribution < 1.29 is 28.9 Å². The molecule has 12 heteroatoms. The average molecular weight is 751 g/mol. The topological polar surface area (TPSA) is 115 Å². The summed E-state index contributed by atoms with van der Waals surface area (Å²) in [5.74, 6) is 0.769. The third kappa shape index (κ3) is 5.62. The van der Waals surface area contributed by atoms with E-state index in [1.807, 2.05) is 71.6 Å². The van der Waals surface area contributed by atoms with Gasteiger partial charge in [0.1, 0.15) is 11.4 Å². The van der Waals surface area contributed by atoms with Crippen LogP contribution >= 0.6 is 0 Å². The first-order chi connectivity index (χ1) is 27.1. The minimum atomic E-state index is -0.281. The Kier molecular flexibility index (Phi) is 7.98. The quantitative estimate of drug-likeness (QED) is 0.201. The number of nitrogens with zero attached hydrogens (tertiary/aromatic N) is 6. The van der Waals surface area contributed by atoms with Gasteiger partial charge in [0, 0.05) is 87.0 Å². The number of ether oxygens (including phenoxy) is 3.